The summed E-state index contributed by atoms with van der Waals surface area (Å²) in [4.78, 5) is 20.5. The minimum absolute atomic E-state index is 0.0440. The second-order valence-corrected chi connectivity index (χ2v) is 3.95. The average Bonchev–Trinajstić information content (AvgIpc) is 2.76. The van der Waals surface area contributed by atoms with E-state index in [9.17, 15) is 4.79 Å². The standard InChI is InChI=1S/C12H15N3O3/c1-3-13-12(16)10-5-4-9(7-14-10)17-11-6-8(2)18-15-11/h4-5,7-8H,3,6H2,1-2H3,(H,13,16). The Kier molecular flexibility index (Phi) is 3.76. The van der Waals surface area contributed by atoms with E-state index in [1.54, 1.807) is 12.1 Å². The van der Waals surface area contributed by atoms with Crippen molar-refractivity contribution < 1.29 is 14.4 Å². The number of nitrogens with zero attached hydrogens (tertiary/aromatic N) is 2. The number of rotatable bonds is 3. The molecule has 1 amide bonds. The number of oxime groups is 1. The van der Waals surface area contributed by atoms with E-state index in [4.69, 9.17) is 9.57 Å². The second-order valence-electron chi connectivity index (χ2n) is 3.95. The lowest BCUT2D eigenvalue weighted by molar-refractivity contribution is 0.0950. The van der Waals surface area contributed by atoms with Crippen molar-refractivity contribution in [1.82, 2.24) is 10.3 Å². The van der Waals surface area contributed by atoms with Crippen LogP contribution in [0.4, 0.5) is 0 Å². The first-order valence-electron chi connectivity index (χ1n) is 5.84. The van der Waals surface area contributed by atoms with Crippen molar-refractivity contribution in [3.63, 3.8) is 0 Å². The van der Waals surface area contributed by atoms with Crippen LogP contribution in [0.25, 0.3) is 0 Å². The van der Waals surface area contributed by atoms with Gasteiger partial charge in [0.1, 0.15) is 17.5 Å². The Bertz CT molecular complexity index is 456. The third kappa shape index (κ3) is 2.97. The Balaban J connectivity index is 1.97. The van der Waals surface area contributed by atoms with Crippen LogP contribution < -0.4 is 10.1 Å². The maximum atomic E-state index is 11.5. The highest BCUT2D eigenvalue weighted by Crippen LogP contribution is 2.15. The molecular formula is C12H15N3O3. The van der Waals surface area contributed by atoms with Crippen molar-refractivity contribution >= 4 is 11.8 Å². The highest BCUT2D eigenvalue weighted by atomic mass is 16.7. The Hall–Kier alpha value is -2.11. The molecule has 0 bridgehead atoms. The summed E-state index contributed by atoms with van der Waals surface area (Å²) >= 11 is 0. The Morgan fingerprint density at radius 3 is 3.00 bits per heavy atom. The molecule has 1 aliphatic rings. The minimum atomic E-state index is -0.195. The Morgan fingerprint density at radius 1 is 1.61 bits per heavy atom. The van der Waals surface area contributed by atoms with Gasteiger partial charge in [0.25, 0.3) is 5.91 Å². The van der Waals surface area contributed by atoms with Crippen molar-refractivity contribution in [1.29, 1.82) is 0 Å². The van der Waals surface area contributed by atoms with Crippen LogP contribution in [-0.4, -0.2) is 29.4 Å². The second kappa shape index (κ2) is 5.48. The first kappa shape index (κ1) is 12.3. The zero-order valence-corrected chi connectivity index (χ0v) is 10.3. The summed E-state index contributed by atoms with van der Waals surface area (Å²) in [7, 11) is 0. The summed E-state index contributed by atoms with van der Waals surface area (Å²) in [5, 5.41) is 6.46. The quantitative estimate of drug-likeness (QED) is 0.877. The van der Waals surface area contributed by atoms with E-state index < -0.39 is 0 Å². The summed E-state index contributed by atoms with van der Waals surface area (Å²) in [5.74, 6) is 0.869. The van der Waals surface area contributed by atoms with Crippen molar-refractivity contribution in [2.24, 2.45) is 5.16 Å². The number of ether oxygens (including phenoxy) is 1. The Labute approximate surface area is 105 Å². The van der Waals surface area contributed by atoms with Gasteiger partial charge in [0.15, 0.2) is 0 Å². The van der Waals surface area contributed by atoms with Crippen molar-refractivity contribution in [3.05, 3.63) is 24.0 Å². The fraction of sp³-hybridized carbons (Fsp3) is 0.417. The van der Waals surface area contributed by atoms with E-state index >= 15 is 0 Å². The van der Waals surface area contributed by atoms with Gasteiger partial charge in [-0.1, -0.05) is 5.16 Å². The maximum absolute atomic E-state index is 11.5. The van der Waals surface area contributed by atoms with Crippen molar-refractivity contribution in [2.75, 3.05) is 6.54 Å². The van der Waals surface area contributed by atoms with Gasteiger partial charge < -0.3 is 14.9 Å². The molecule has 0 saturated carbocycles. The molecule has 0 aliphatic carbocycles. The molecule has 6 nitrogen and oxygen atoms in total. The van der Waals surface area contributed by atoms with Crippen molar-refractivity contribution in [2.45, 2.75) is 26.4 Å². The molecule has 0 radical (unpaired) electrons. The molecule has 2 rings (SSSR count). The smallest absolute Gasteiger partial charge is 0.269 e. The van der Waals surface area contributed by atoms with Crippen LogP contribution in [0.3, 0.4) is 0 Å². The van der Waals surface area contributed by atoms with Crippen LogP contribution in [0.5, 0.6) is 5.75 Å². The Morgan fingerprint density at radius 2 is 2.44 bits per heavy atom. The van der Waals surface area contributed by atoms with Crippen molar-refractivity contribution in [3.8, 4) is 5.75 Å². The first-order chi connectivity index (χ1) is 8.69. The molecule has 96 valence electrons. The van der Waals surface area contributed by atoms with Gasteiger partial charge in [-0.2, -0.15) is 0 Å². The first-order valence-corrected chi connectivity index (χ1v) is 5.84. The van der Waals surface area contributed by atoms with E-state index in [1.165, 1.54) is 6.20 Å². The largest absolute Gasteiger partial charge is 0.438 e. The molecule has 0 saturated heterocycles. The molecule has 0 spiro atoms. The number of pyridine rings is 1. The predicted octanol–water partition coefficient (Wildman–Crippen LogP) is 1.33. The normalized spacial score (nSPS) is 17.9. The van der Waals surface area contributed by atoms with E-state index in [0.29, 0.717) is 30.3 Å². The number of hydrogen-bond acceptors (Lipinski definition) is 5. The molecule has 1 atom stereocenters. The maximum Gasteiger partial charge on any atom is 0.269 e. The number of nitrogens with one attached hydrogen (secondary N) is 1. The van der Waals surface area contributed by atoms with Crippen LogP contribution >= 0.6 is 0 Å². The van der Waals surface area contributed by atoms with Crippen LogP contribution in [0, 0.1) is 0 Å². The molecule has 18 heavy (non-hydrogen) atoms. The van der Waals surface area contributed by atoms with E-state index in [-0.39, 0.29) is 12.0 Å². The molecule has 1 unspecified atom stereocenters. The predicted molar refractivity (Wildman–Crippen MR) is 65.5 cm³/mol. The molecule has 0 aromatic carbocycles. The van der Waals surface area contributed by atoms with Crippen LogP contribution in [0.15, 0.2) is 23.5 Å². The minimum Gasteiger partial charge on any atom is -0.438 e. The average molecular weight is 249 g/mol. The van der Waals surface area contributed by atoms with Gasteiger partial charge in [-0.05, 0) is 26.0 Å². The molecule has 1 aromatic rings. The van der Waals surface area contributed by atoms with E-state index in [1.807, 2.05) is 13.8 Å². The fourth-order valence-electron chi connectivity index (χ4n) is 1.49. The highest BCUT2D eigenvalue weighted by molar-refractivity contribution is 5.92. The van der Waals surface area contributed by atoms with E-state index in [0.717, 1.165) is 0 Å². The van der Waals surface area contributed by atoms with Gasteiger partial charge in [0.2, 0.25) is 5.90 Å². The van der Waals surface area contributed by atoms with Gasteiger partial charge in [-0.3, -0.25) is 4.79 Å². The molecule has 1 aliphatic heterocycles. The van der Waals surface area contributed by atoms with Gasteiger partial charge in [-0.15, -0.1) is 0 Å². The molecular weight excluding hydrogens is 234 g/mol. The summed E-state index contributed by atoms with van der Waals surface area (Å²) in [5.41, 5.74) is 0.363. The summed E-state index contributed by atoms with van der Waals surface area (Å²) in [6, 6.07) is 3.29. The zero-order chi connectivity index (χ0) is 13.0. The highest BCUT2D eigenvalue weighted by Gasteiger charge is 2.18. The zero-order valence-electron chi connectivity index (χ0n) is 10.3. The lowest BCUT2D eigenvalue weighted by Gasteiger charge is -2.04. The molecule has 1 N–H and O–H groups in total. The molecule has 2 heterocycles. The molecule has 1 aromatic heterocycles. The van der Waals surface area contributed by atoms with Crippen LogP contribution in [0.2, 0.25) is 0 Å². The number of carbonyl (C=O) groups excluding carboxylic acids is 1. The summed E-state index contributed by atoms with van der Waals surface area (Å²) in [6.07, 6.45) is 2.18. The number of carbonyl (C=O) groups is 1. The number of aromatic nitrogens is 1. The summed E-state index contributed by atoms with van der Waals surface area (Å²) < 4.78 is 5.47. The third-order valence-corrected chi connectivity index (χ3v) is 2.34. The third-order valence-electron chi connectivity index (χ3n) is 2.34. The van der Waals surface area contributed by atoms with Crippen LogP contribution in [0.1, 0.15) is 30.8 Å². The SMILES string of the molecule is CCNC(=O)c1ccc(OC2=NOC(C)C2)cn1. The molecule has 6 heteroatoms. The monoisotopic (exact) mass is 249 g/mol. The number of amides is 1. The summed E-state index contributed by atoms with van der Waals surface area (Å²) in [6.45, 7) is 4.34. The lowest BCUT2D eigenvalue weighted by atomic mass is 10.3. The lowest BCUT2D eigenvalue weighted by Crippen LogP contribution is -2.23. The van der Waals surface area contributed by atoms with E-state index in [2.05, 4.69) is 15.5 Å². The number of hydrogen-bond donors (Lipinski definition) is 1. The van der Waals surface area contributed by atoms with Gasteiger partial charge >= 0.3 is 0 Å². The topological polar surface area (TPSA) is 72.8 Å². The van der Waals surface area contributed by atoms with Crippen LogP contribution in [-0.2, 0) is 4.84 Å². The molecule has 0 fully saturated rings. The van der Waals surface area contributed by atoms with Gasteiger partial charge in [-0.25, -0.2) is 4.98 Å². The van der Waals surface area contributed by atoms with Gasteiger partial charge in [0.05, 0.1) is 12.6 Å². The fourth-order valence-corrected chi connectivity index (χ4v) is 1.49. The van der Waals surface area contributed by atoms with Gasteiger partial charge in [0, 0.05) is 6.54 Å².